The van der Waals surface area contributed by atoms with Gasteiger partial charge in [-0.25, -0.2) is 0 Å². The maximum absolute atomic E-state index is 11.9. The van der Waals surface area contributed by atoms with Crippen molar-refractivity contribution in [2.75, 3.05) is 7.11 Å². The number of carbonyl (C=O) groups is 1. The Morgan fingerprint density at radius 2 is 2.18 bits per heavy atom. The number of nitrogens with one attached hydrogen (secondary N) is 1. The van der Waals surface area contributed by atoms with E-state index in [1.54, 1.807) is 50.6 Å². The smallest absolute Gasteiger partial charge is 0.242 e. The quantitative estimate of drug-likeness (QED) is 0.856. The zero-order valence-electron chi connectivity index (χ0n) is 12.5. The van der Waals surface area contributed by atoms with Gasteiger partial charge in [-0.05, 0) is 30.7 Å². The molecular formula is C16H18ClN3O2. The lowest BCUT2D eigenvalue weighted by Gasteiger charge is -2.28. The number of hydrogen-bond acceptors (Lipinski definition) is 4. The fourth-order valence-electron chi connectivity index (χ4n) is 2.08. The van der Waals surface area contributed by atoms with E-state index in [9.17, 15) is 4.79 Å². The fraction of sp³-hybridized carbons (Fsp3) is 0.250. The summed E-state index contributed by atoms with van der Waals surface area (Å²) < 4.78 is 5.16. The largest absolute Gasteiger partial charge is 0.497 e. The zero-order valence-corrected chi connectivity index (χ0v) is 13.2. The number of primary amides is 1. The second-order valence-electron chi connectivity index (χ2n) is 5.04. The number of ether oxygens (including phenoxy) is 1. The van der Waals surface area contributed by atoms with Crippen LogP contribution in [0.5, 0.6) is 5.75 Å². The molecule has 0 aliphatic rings. The Balaban J connectivity index is 2.23. The van der Waals surface area contributed by atoms with E-state index < -0.39 is 11.4 Å². The number of aromatic nitrogens is 1. The van der Waals surface area contributed by atoms with Gasteiger partial charge < -0.3 is 10.5 Å². The molecule has 0 bridgehead atoms. The Labute approximate surface area is 134 Å². The van der Waals surface area contributed by atoms with Gasteiger partial charge >= 0.3 is 0 Å². The molecule has 3 N–H and O–H groups in total. The molecule has 1 aromatic carbocycles. The van der Waals surface area contributed by atoms with Gasteiger partial charge in [0, 0.05) is 23.8 Å². The second kappa shape index (κ2) is 6.77. The average Bonchev–Trinajstić information content (AvgIpc) is 2.52. The zero-order chi connectivity index (χ0) is 16.2. The number of amides is 1. The molecule has 0 unspecified atom stereocenters. The Morgan fingerprint density at radius 3 is 2.82 bits per heavy atom. The number of benzene rings is 1. The third-order valence-electron chi connectivity index (χ3n) is 3.54. The molecule has 0 fully saturated rings. The van der Waals surface area contributed by atoms with Gasteiger partial charge in [0.15, 0.2) is 0 Å². The van der Waals surface area contributed by atoms with E-state index >= 15 is 0 Å². The van der Waals surface area contributed by atoms with Crippen molar-refractivity contribution in [1.29, 1.82) is 0 Å². The molecule has 5 nitrogen and oxygen atoms in total. The van der Waals surface area contributed by atoms with Crippen LogP contribution in [-0.4, -0.2) is 18.0 Å². The Kier molecular flexibility index (Phi) is 5.00. The highest BCUT2D eigenvalue weighted by Gasteiger charge is 2.32. The number of carbonyl (C=O) groups excluding carboxylic acids is 1. The van der Waals surface area contributed by atoms with Crippen molar-refractivity contribution in [1.82, 2.24) is 10.3 Å². The van der Waals surface area contributed by atoms with E-state index in [4.69, 9.17) is 22.1 Å². The minimum Gasteiger partial charge on any atom is -0.497 e. The molecule has 0 spiro atoms. The van der Waals surface area contributed by atoms with Gasteiger partial charge in [0.1, 0.15) is 11.3 Å². The molecule has 116 valence electrons. The summed E-state index contributed by atoms with van der Waals surface area (Å²) in [7, 11) is 1.59. The van der Waals surface area contributed by atoms with Crippen molar-refractivity contribution in [3.63, 3.8) is 0 Å². The highest BCUT2D eigenvalue weighted by Crippen LogP contribution is 2.24. The normalized spacial score (nSPS) is 13.4. The fourth-order valence-corrected chi connectivity index (χ4v) is 2.27. The summed E-state index contributed by atoms with van der Waals surface area (Å²) in [6.45, 7) is 2.09. The van der Waals surface area contributed by atoms with Crippen LogP contribution in [0.15, 0.2) is 42.6 Å². The monoisotopic (exact) mass is 319 g/mol. The van der Waals surface area contributed by atoms with E-state index in [0.717, 1.165) is 5.69 Å². The molecule has 1 atom stereocenters. The van der Waals surface area contributed by atoms with Crippen molar-refractivity contribution in [3.8, 4) is 5.75 Å². The van der Waals surface area contributed by atoms with Crippen LogP contribution >= 0.6 is 11.6 Å². The van der Waals surface area contributed by atoms with Crippen LogP contribution < -0.4 is 15.8 Å². The Hall–Kier alpha value is -2.11. The van der Waals surface area contributed by atoms with E-state index in [2.05, 4.69) is 10.3 Å². The van der Waals surface area contributed by atoms with Gasteiger partial charge in [0.05, 0.1) is 12.8 Å². The molecule has 0 saturated heterocycles. The van der Waals surface area contributed by atoms with E-state index in [-0.39, 0.29) is 0 Å². The molecule has 2 rings (SSSR count). The molecule has 0 aliphatic heterocycles. The summed E-state index contributed by atoms with van der Waals surface area (Å²) >= 11 is 6.00. The van der Waals surface area contributed by atoms with Crippen LogP contribution in [0.2, 0.25) is 5.02 Å². The predicted molar refractivity (Wildman–Crippen MR) is 85.6 cm³/mol. The molecule has 1 amide bonds. The van der Waals surface area contributed by atoms with Crippen LogP contribution in [0.1, 0.15) is 18.2 Å². The van der Waals surface area contributed by atoms with E-state index in [1.165, 1.54) is 0 Å². The first kappa shape index (κ1) is 16.3. The van der Waals surface area contributed by atoms with Crippen LogP contribution in [0.25, 0.3) is 0 Å². The van der Waals surface area contributed by atoms with Crippen LogP contribution in [0.3, 0.4) is 0 Å². The first-order chi connectivity index (χ1) is 10.5. The highest BCUT2D eigenvalue weighted by molar-refractivity contribution is 6.30. The lowest BCUT2D eigenvalue weighted by molar-refractivity contribution is -0.124. The van der Waals surface area contributed by atoms with Gasteiger partial charge in [0.2, 0.25) is 5.91 Å². The first-order valence-electron chi connectivity index (χ1n) is 6.75. The van der Waals surface area contributed by atoms with Crippen molar-refractivity contribution >= 4 is 17.5 Å². The predicted octanol–water partition coefficient (Wildman–Crippen LogP) is 2.23. The number of halogens is 1. The standard InChI is InChI=1S/C16H18ClN3O2/c1-16(15(18)21,11-4-3-5-12(17)8-11)20-10-13-9-14(22-2)6-7-19-13/h3-9,20H,10H2,1-2H3,(H2,18,21)/t16-/m0/s1. The lowest BCUT2D eigenvalue weighted by Crippen LogP contribution is -2.50. The number of pyridine rings is 1. The second-order valence-corrected chi connectivity index (χ2v) is 5.48. The summed E-state index contributed by atoms with van der Waals surface area (Å²) in [5.74, 6) is 0.216. The molecule has 0 aliphatic carbocycles. The van der Waals surface area contributed by atoms with E-state index in [1.807, 2.05) is 6.07 Å². The number of nitrogens with two attached hydrogens (primary N) is 1. The number of nitrogens with zero attached hydrogens (tertiary/aromatic N) is 1. The van der Waals surface area contributed by atoms with Gasteiger partial charge in [0.25, 0.3) is 0 Å². The average molecular weight is 320 g/mol. The number of rotatable bonds is 6. The minimum atomic E-state index is -1.05. The van der Waals surface area contributed by atoms with Crippen LogP contribution in [0.4, 0.5) is 0 Å². The molecule has 1 aromatic heterocycles. The third kappa shape index (κ3) is 3.55. The molecule has 22 heavy (non-hydrogen) atoms. The van der Waals surface area contributed by atoms with Crippen molar-refractivity contribution < 1.29 is 9.53 Å². The van der Waals surface area contributed by atoms with Crippen LogP contribution in [-0.2, 0) is 16.9 Å². The lowest BCUT2D eigenvalue weighted by atomic mass is 9.91. The summed E-state index contributed by atoms with van der Waals surface area (Å²) in [6.07, 6.45) is 1.65. The van der Waals surface area contributed by atoms with E-state index in [0.29, 0.717) is 22.9 Å². The Morgan fingerprint density at radius 1 is 1.41 bits per heavy atom. The highest BCUT2D eigenvalue weighted by atomic mass is 35.5. The van der Waals surface area contributed by atoms with Crippen molar-refractivity contribution in [2.24, 2.45) is 5.73 Å². The molecular weight excluding hydrogens is 302 g/mol. The maximum Gasteiger partial charge on any atom is 0.242 e. The topological polar surface area (TPSA) is 77.2 Å². The first-order valence-corrected chi connectivity index (χ1v) is 7.13. The van der Waals surface area contributed by atoms with Crippen molar-refractivity contribution in [3.05, 3.63) is 58.9 Å². The summed E-state index contributed by atoms with van der Waals surface area (Å²) in [5, 5.41) is 3.70. The molecule has 0 radical (unpaired) electrons. The SMILES string of the molecule is COc1ccnc(CN[C@](C)(C(N)=O)c2cccc(Cl)c2)c1. The molecule has 6 heteroatoms. The number of methoxy groups -OCH3 is 1. The number of hydrogen-bond donors (Lipinski definition) is 2. The molecule has 2 aromatic rings. The van der Waals surface area contributed by atoms with Gasteiger partial charge in [-0.1, -0.05) is 23.7 Å². The molecule has 1 heterocycles. The maximum atomic E-state index is 11.9. The van der Waals surface area contributed by atoms with Crippen LogP contribution in [0, 0.1) is 0 Å². The van der Waals surface area contributed by atoms with Gasteiger partial charge in [-0.2, -0.15) is 0 Å². The Bertz CT molecular complexity index is 678. The van der Waals surface area contributed by atoms with Gasteiger partial charge in [-0.3, -0.25) is 15.1 Å². The van der Waals surface area contributed by atoms with Gasteiger partial charge in [-0.15, -0.1) is 0 Å². The molecule has 0 saturated carbocycles. The summed E-state index contributed by atoms with van der Waals surface area (Å²) in [4.78, 5) is 16.2. The minimum absolute atomic E-state index is 0.364. The summed E-state index contributed by atoms with van der Waals surface area (Å²) in [5.41, 5.74) is 5.99. The summed E-state index contributed by atoms with van der Waals surface area (Å²) in [6, 6.07) is 10.6. The van der Waals surface area contributed by atoms with Crippen molar-refractivity contribution in [2.45, 2.75) is 19.0 Å². The third-order valence-corrected chi connectivity index (χ3v) is 3.78.